The van der Waals surface area contributed by atoms with Crippen molar-refractivity contribution in [3.8, 4) is 0 Å². The Morgan fingerprint density at radius 1 is 1.50 bits per heavy atom. The van der Waals surface area contributed by atoms with E-state index in [1.54, 1.807) is 19.1 Å². The van der Waals surface area contributed by atoms with E-state index in [4.69, 9.17) is 0 Å². The summed E-state index contributed by atoms with van der Waals surface area (Å²) < 4.78 is 0.460. The normalized spacial score (nSPS) is 9.93. The number of aryl methyl sites for hydroxylation is 1. The average molecular weight is 258 g/mol. The Kier molecular flexibility index (Phi) is 3.00. The summed E-state index contributed by atoms with van der Waals surface area (Å²) in [5, 5.41) is 10.7. The van der Waals surface area contributed by atoms with Crippen molar-refractivity contribution in [2.75, 3.05) is 0 Å². The lowest BCUT2D eigenvalue weighted by Crippen LogP contribution is -2.03. The maximum absolute atomic E-state index is 11.2. The van der Waals surface area contributed by atoms with Gasteiger partial charge in [-0.1, -0.05) is 6.07 Å². The molecule has 0 heterocycles. The van der Waals surface area contributed by atoms with E-state index in [0.717, 1.165) is 0 Å². The first-order valence-electron chi connectivity index (χ1n) is 3.89. The third-order valence-electron chi connectivity index (χ3n) is 1.86. The van der Waals surface area contributed by atoms with Gasteiger partial charge in [0.25, 0.3) is 5.69 Å². The van der Waals surface area contributed by atoms with Crippen molar-refractivity contribution >= 4 is 27.4 Å². The van der Waals surface area contributed by atoms with Crippen LogP contribution in [0.2, 0.25) is 0 Å². The second-order valence-electron chi connectivity index (χ2n) is 2.90. The number of nitro benzene ring substituents is 1. The third-order valence-corrected chi connectivity index (χ3v) is 2.52. The number of carbonyl (C=O) groups is 1. The van der Waals surface area contributed by atoms with Gasteiger partial charge in [-0.05, 0) is 35.8 Å². The molecule has 74 valence electrons. The van der Waals surface area contributed by atoms with Crippen LogP contribution in [0.15, 0.2) is 16.6 Å². The molecule has 14 heavy (non-hydrogen) atoms. The maximum Gasteiger partial charge on any atom is 0.284 e. The summed E-state index contributed by atoms with van der Waals surface area (Å²) in [5.74, 6) is -0.313. The Morgan fingerprint density at radius 2 is 2.07 bits per heavy atom. The van der Waals surface area contributed by atoms with Crippen molar-refractivity contribution in [3.63, 3.8) is 0 Å². The number of rotatable bonds is 2. The number of nitro groups is 1. The second-order valence-corrected chi connectivity index (χ2v) is 3.76. The molecule has 0 N–H and O–H groups in total. The lowest BCUT2D eigenvalue weighted by molar-refractivity contribution is -0.385. The molecule has 0 aliphatic rings. The lowest BCUT2D eigenvalue weighted by Gasteiger charge is -2.04. The highest BCUT2D eigenvalue weighted by Crippen LogP contribution is 2.30. The van der Waals surface area contributed by atoms with Crippen LogP contribution in [0.4, 0.5) is 5.69 Å². The predicted molar refractivity (Wildman–Crippen MR) is 55.5 cm³/mol. The molecule has 0 fully saturated rings. The van der Waals surface area contributed by atoms with E-state index in [9.17, 15) is 14.9 Å². The summed E-state index contributed by atoms with van der Waals surface area (Å²) in [6, 6.07) is 3.24. The summed E-state index contributed by atoms with van der Waals surface area (Å²) in [5.41, 5.74) is 0.505. The average Bonchev–Trinajstić information content (AvgIpc) is 2.07. The summed E-state index contributed by atoms with van der Waals surface area (Å²) in [4.78, 5) is 21.4. The van der Waals surface area contributed by atoms with Crippen LogP contribution in [0, 0.1) is 17.0 Å². The topological polar surface area (TPSA) is 60.2 Å². The molecule has 0 aliphatic carbocycles. The third kappa shape index (κ3) is 1.82. The van der Waals surface area contributed by atoms with Crippen LogP contribution < -0.4 is 0 Å². The number of nitrogens with zero attached hydrogens (tertiary/aromatic N) is 1. The molecule has 0 aliphatic heterocycles. The standard InChI is InChI=1S/C9H8BrNO3/c1-5-3-4-7(10)8(6(2)12)9(5)11(13)14/h3-4H,1-2H3. The van der Waals surface area contributed by atoms with Gasteiger partial charge in [-0.25, -0.2) is 0 Å². The van der Waals surface area contributed by atoms with E-state index < -0.39 is 4.92 Å². The Hall–Kier alpha value is -1.23. The van der Waals surface area contributed by atoms with Crippen molar-refractivity contribution in [2.45, 2.75) is 13.8 Å². The molecule has 0 amide bonds. The van der Waals surface area contributed by atoms with Crippen molar-refractivity contribution in [2.24, 2.45) is 0 Å². The molecule has 1 rings (SSSR count). The van der Waals surface area contributed by atoms with Gasteiger partial charge in [-0.2, -0.15) is 0 Å². The quantitative estimate of drug-likeness (QED) is 0.465. The van der Waals surface area contributed by atoms with E-state index in [1.165, 1.54) is 6.92 Å². The first-order chi connectivity index (χ1) is 6.45. The largest absolute Gasteiger partial charge is 0.294 e. The van der Waals surface area contributed by atoms with Gasteiger partial charge in [0.1, 0.15) is 5.56 Å². The van der Waals surface area contributed by atoms with Crippen LogP contribution in [0.25, 0.3) is 0 Å². The zero-order valence-electron chi connectivity index (χ0n) is 7.70. The van der Waals surface area contributed by atoms with Crippen molar-refractivity contribution < 1.29 is 9.72 Å². The van der Waals surface area contributed by atoms with E-state index in [2.05, 4.69) is 15.9 Å². The lowest BCUT2D eigenvalue weighted by atomic mass is 10.1. The molecular formula is C9H8BrNO3. The minimum atomic E-state index is -0.531. The van der Waals surface area contributed by atoms with Gasteiger partial charge in [0.15, 0.2) is 5.78 Å². The first-order valence-corrected chi connectivity index (χ1v) is 4.69. The van der Waals surface area contributed by atoms with Gasteiger partial charge >= 0.3 is 0 Å². The molecule has 0 saturated carbocycles. The van der Waals surface area contributed by atoms with Crippen LogP contribution in [-0.4, -0.2) is 10.7 Å². The molecular weight excluding hydrogens is 250 g/mol. The molecule has 0 bridgehead atoms. The maximum atomic E-state index is 11.2. The highest BCUT2D eigenvalue weighted by atomic mass is 79.9. The van der Waals surface area contributed by atoms with Crippen LogP contribution >= 0.6 is 15.9 Å². The number of hydrogen-bond donors (Lipinski definition) is 0. The van der Waals surface area contributed by atoms with E-state index in [1.807, 2.05) is 0 Å². The molecule has 0 saturated heterocycles. The minimum absolute atomic E-state index is 0.119. The van der Waals surface area contributed by atoms with Gasteiger partial charge in [0.2, 0.25) is 0 Å². The molecule has 4 nitrogen and oxygen atoms in total. The highest BCUT2D eigenvalue weighted by Gasteiger charge is 2.22. The van der Waals surface area contributed by atoms with Crippen LogP contribution in [0.3, 0.4) is 0 Å². The zero-order valence-corrected chi connectivity index (χ0v) is 9.29. The number of Topliss-reactive ketones (excluding diaryl/α,β-unsaturated/α-hetero) is 1. The molecule has 0 aromatic heterocycles. The molecule has 0 radical (unpaired) electrons. The summed E-state index contributed by atoms with van der Waals surface area (Å²) in [6.45, 7) is 2.92. The Balaban J connectivity index is 3.58. The number of ketones is 1. The van der Waals surface area contributed by atoms with Gasteiger partial charge in [0, 0.05) is 10.0 Å². The molecule has 0 spiro atoms. The van der Waals surface area contributed by atoms with Gasteiger partial charge in [0.05, 0.1) is 4.92 Å². The fourth-order valence-corrected chi connectivity index (χ4v) is 1.84. The number of benzene rings is 1. The minimum Gasteiger partial charge on any atom is -0.294 e. The highest BCUT2D eigenvalue weighted by molar-refractivity contribution is 9.10. The Bertz CT molecular complexity index is 376. The van der Waals surface area contributed by atoms with Crippen molar-refractivity contribution in [1.29, 1.82) is 0 Å². The fourth-order valence-electron chi connectivity index (χ4n) is 1.24. The zero-order chi connectivity index (χ0) is 10.9. The molecule has 0 unspecified atom stereocenters. The van der Waals surface area contributed by atoms with E-state index in [-0.39, 0.29) is 17.0 Å². The molecule has 5 heteroatoms. The second kappa shape index (κ2) is 3.88. The monoisotopic (exact) mass is 257 g/mol. The number of halogens is 1. The summed E-state index contributed by atoms with van der Waals surface area (Å²) in [6.07, 6.45) is 0. The summed E-state index contributed by atoms with van der Waals surface area (Å²) >= 11 is 3.12. The Morgan fingerprint density at radius 3 is 2.43 bits per heavy atom. The smallest absolute Gasteiger partial charge is 0.284 e. The first kappa shape index (κ1) is 10.8. The number of carbonyl (C=O) groups excluding carboxylic acids is 1. The van der Waals surface area contributed by atoms with Gasteiger partial charge < -0.3 is 0 Å². The van der Waals surface area contributed by atoms with E-state index >= 15 is 0 Å². The molecule has 1 aromatic rings. The predicted octanol–water partition coefficient (Wildman–Crippen LogP) is 2.87. The van der Waals surface area contributed by atoms with Crippen LogP contribution in [0.5, 0.6) is 0 Å². The van der Waals surface area contributed by atoms with Gasteiger partial charge in [-0.3, -0.25) is 14.9 Å². The van der Waals surface area contributed by atoms with Crippen LogP contribution in [0.1, 0.15) is 22.8 Å². The molecule has 0 atom stereocenters. The SMILES string of the molecule is CC(=O)c1c(Br)ccc(C)c1[N+](=O)[O-]. The van der Waals surface area contributed by atoms with E-state index in [0.29, 0.717) is 10.0 Å². The fraction of sp³-hybridized carbons (Fsp3) is 0.222. The summed E-state index contributed by atoms with van der Waals surface area (Å²) in [7, 11) is 0. The van der Waals surface area contributed by atoms with Gasteiger partial charge in [-0.15, -0.1) is 0 Å². The van der Waals surface area contributed by atoms with Crippen molar-refractivity contribution in [3.05, 3.63) is 37.8 Å². The van der Waals surface area contributed by atoms with Crippen LogP contribution in [-0.2, 0) is 0 Å². The van der Waals surface area contributed by atoms with Crippen molar-refractivity contribution in [1.82, 2.24) is 0 Å². The Labute approximate surface area is 89.2 Å². The number of hydrogen-bond acceptors (Lipinski definition) is 3. The molecule has 1 aromatic carbocycles.